The molecule has 3 nitrogen and oxygen atoms in total. The Hall–Kier alpha value is -2.68. The minimum atomic E-state index is -0.935. The summed E-state index contributed by atoms with van der Waals surface area (Å²) in [7, 11) is 0. The molecule has 0 aliphatic heterocycles. The summed E-state index contributed by atoms with van der Waals surface area (Å²) < 4.78 is 0. The second kappa shape index (κ2) is 6.08. The van der Waals surface area contributed by atoms with E-state index in [4.69, 9.17) is 5.11 Å². The van der Waals surface area contributed by atoms with Crippen molar-refractivity contribution in [1.82, 2.24) is 0 Å². The van der Waals surface area contributed by atoms with Gasteiger partial charge >= 0.3 is 5.97 Å². The van der Waals surface area contributed by atoms with E-state index in [-0.39, 0.29) is 16.8 Å². The molecule has 1 aliphatic carbocycles. The van der Waals surface area contributed by atoms with E-state index in [0.717, 1.165) is 28.7 Å². The van der Waals surface area contributed by atoms with Crippen LogP contribution in [0.4, 0.5) is 0 Å². The van der Waals surface area contributed by atoms with Gasteiger partial charge in [0.1, 0.15) is 0 Å². The molecule has 0 unspecified atom stereocenters. The van der Waals surface area contributed by atoms with Crippen molar-refractivity contribution in [3.63, 3.8) is 0 Å². The summed E-state index contributed by atoms with van der Waals surface area (Å²) in [5.74, 6) is -0.735. The van der Waals surface area contributed by atoms with Gasteiger partial charge in [0, 0.05) is 12.0 Å². The number of carbonyl (C=O) groups excluding carboxylic acids is 1. The lowest BCUT2D eigenvalue weighted by Gasteiger charge is -2.32. The van der Waals surface area contributed by atoms with Crippen LogP contribution in [-0.4, -0.2) is 16.9 Å². The van der Waals surface area contributed by atoms with Crippen LogP contribution in [0.5, 0.6) is 0 Å². The summed E-state index contributed by atoms with van der Waals surface area (Å²) in [5.41, 5.74) is 4.04. The fourth-order valence-electron chi connectivity index (χ4n) is 3.19. The first-order valence-electron chi connectivity index (χ1n) is 8.07. The SMILES string of the molecule is CC1(C)CCC(=O)c2c(/C=C/c3ccc(C(=O)O)cc3)cccc21. The van der Waals surface area contributed by atoms with Gasteiger partial charge in [-0.2, -0.15) is 0 Å². The molecule has 3 heteroatoms. The third-order valence-corrected chi connectivity index (χ3v) is 4.69. The second-order valence-electron chi connectivity index (χ2n) is 6.84. The molecule has 3 rings (SSSR count). The number of carbonyl (C=O) groups is 2. The maximum atomic E-state index is 12.4. The van der Waals surface area contributed by atoms with Gasteiger partial charge in [-0.3, -0.25) is 4.79 Å². The van der Waals surface area contributed by atoms with Gasteiger partial charge < -0.3 is 5.11 Å². The van der Waals surface area contributed by atoms with Crippen molar-refractivity contribution < 1.29 is 14.7 Å². The van der Waals surface area contributed by atoms with Crippen molar-refractivity contribution in [1.29, 1.82) is 0 Å². The van der Waals surface area contributed by atoms with Gasteiger partial charge in [-0.15, -0.1) is 0 Å². The highest BCUT2D eigenvalue weighted by molar-refractivity contribution is 6.03. The zero-order valence-corrected chi connectivity index (χ0v) is 13.9. The van der Waals surface area contributed by atoms with Gasteiger partial charge in [0.2, 0.25) is 0 Å². The van der Waals surface area contributed by atoms with Crippen molar-refractivity contribution in [2.75, 3.05) is 0 Å². The third kappa shape index (κ3) is 3.02. The number of carboxylic acids is 1. The van der Waals surface area contributed by atoms with Crippen molar-refractivity contribution in [3.8, 4) is 0 Å². The van der Waals surface area contributed by atoms with Gasteiger partial charge in [-0.1, -0.05) is 56.3 Å². The molecule has 0 bridgehead atoms. The number of benzene rings is 2. The molecule has 0 aromatic heterocycles. The van der Waals surface area contributed by atoms with Crippen LogP contribution in [0.2, 0.25) is 0 Å². The van der Waals surface area contributed by atoms with Gasteiger partial charge in [0.05, 0.1) is 5.56 Å². The van der Waals surface area contributed by atoms with Gasteiger partial charge in [0.15, 0.2) is 5.78 Å². The number of ketones is 1. The van der Waals surface area contributed by atoms with Crippen LogP contribution in [0.15, 0.2) is 42.5 Å². The lowest BCUT2D eigenvalue weighted by atomic mass is 9.71. The largest absolute Gasteiger partial charge is 0.478 e. The maximum Gasteiger partial charge on any atom is 0.335 e. The predicted molar refractivity (Wildman–Crippen MR) is 95.4 cm³/mol. The summed E-state index contributed by atoms with van der Waals surface area (Å²) in [6, 6.07) is 12.7. The molecule has 0 spiro atoms. The Balaban J connectivity index is 1.96. The molecule has 24 heavy (non-hydrogen) atoms. The van der Waals surface area contributed by atoms with E-state index in [0.29, 0.717) is 6.42 Å². The van der Waals surface area contributed by atoms with Gasteiger partial charge in [0.25, 0.3) is 0 Å². The molecule has 2 aromatic rings. The molecule has 0 fully saturated rings. The summed E-state index contributed by atoms with van der Waals surface area (Å²) >= 11 is 0. The number of fused-ring (bicyclic) bond motifs is 1. The van der Waals surface area contributed by atoms with Gasteiger partial charge in [-0.25, -0.2) is 4.79 Å². The van der Waals surface area contributed by atoms with E-state index in [2.05, 4.69) is 13.8 Å². The van der Waals surface area contributed by atoms with Crippen molar-refractivity contribution in [3.05, 3.63) is 70.3 Å². The first-order chi connectivity index (χ1) is 11.4. The molecule has 0 saturated carbocycles. The smallest absolute Gasteiger partial charge is 0.335 e. The second-order valence-corrected chi connectivity index (χ2v) is 6.84. The fourth-order valence-corrected chi connectivity index (χ4v) is 3.19. The van der Waals surface area contributed by atoms with Gasteiger partial charge in [-0.05, 0) is 40.7 Å². The molecule has 2 aromatic carbocycles. The molecular weight excluding hydrogens is 300 g/mol. The molecule has 1 N–H and O–H groups in total. The highest BCUT2D eigenvalue weighted by Gasteiger charge is 2.32. The Kier molecular flexibility index (Phi) is 4.10. The minimum Gasteiger partial charge on any atom is -0.478 e. The Morgan fingerprint density at radius 3 is 2.46 bits per heavy atom. The highest BCUT2D eigenvalue weighted by atomic mass is 16.4. The molecule has 1 aliphatic rings. The van der Waals surface area contributed by atoms with Crippen molar-refractivity contribution in [2.24, 2.45) is 0 Å². The molecule has 122 valence electrons. The lowest BCUT2D eigenvalue weighted by molar-refractivity contribution is 0.0696. The topological polar surface area (TPSA) is 54.4 Å². The summed E-state index contributed by atoms with van der Waals surface area (Å²) in [6.45, 7) is 4.35. The number of hydrogen-bond acceptors (Lipinski definition) is 2. The quantitative estimate of drug-likeness (QED) is 0.826. The normalized spacial score (nSPS) is 16.2. The van der Waals surface area contributed by atoms with Crippen molar-refractivity contribution in [2.45, 2.75) is 32.1 Å². The van der Waals surface area contributed by atoms with E-state index >= 15 is 0 Å². The number of rotatable bonds is 3. The van der Waals surface area contributed by atoms with Crippen LogP contribution in [-0.2, 0) is 5.41 Å². The van der Waals surface area contributed by atoms with E-state index in [1.807, 2.05) is 30.4 Å². The molecule has 0 radical (unpaired) electrons. The third-order valence-electron chi connectivity index (χ3n) is 4.69. The number of carboxylic acid groups (broad SMARTS) is 1. The van der Waals surface area contributed by atoms with Crippen LogP contribution in [0.1, 0.15) is 64.1 Å². The molecular formula is C21H20O3. The predicted octanol–water partition coefficient (Wildman–Crippen LogP) is 4.81. The van der Waals surface area contributed by atoms with Crippen LogP contribution < -0.4 is 0 Å². The lowest BCUT2D eigenvalue weighted by Crippen LogP contribution is -2.27. The van der Waals surface area contributed by atoms with Crippen LogP contribution in [0.3, 0.4) is 0 Å². The average Bonchev–Trinajstić information content (AvgIpc) is 2.57. The zero-order chi connectivity index (χ0) is 17.3. The Bertz CT molecular complexity index is 827. The number of aromatic carboxylic acids is 1. The standard InChI is InChI=1S/C21H20O3/c1-21(2)13-12-18(22)19-15(4-3-5-17(19)21)9-6-14-7-10-16(11-8-14)20(23)24/h3-11H,12-13H2,1-2H3,(H,23,24)/b9-6+. The highest BCUT2D eigenvalue weighted by Crippen LogP contribution is 2.38. The average molecular weight is 320 g/mol. The minimum absolute atomic E-state index is 0.0101. The van der Waals surface area contributed by atoms with Crippen LogP contribution in [0, 0.1) is 0 Å². The first kappa shape index (κ1) is 16.2. The van der Waals surface area contributed by atoms with E-state index in [1.54, 1.807) is 24.3 Å². The Morgan fingerprint density at radius 2 is 1.79 bits per heavy atom. The molecule has 0 atom stereocenters. The van der Waals surface area contributed by atoms with E-state index in [9.17, 15) is 9.59 Å². The number of hydrogen-bond donors (Lipinski definition) is 1. The fraction of sp³-hybridized carbons (Fsp3) is 0.238. The molecule has 0 amide bonds. The monoisotopic (exact) mass is 320 g/mol. The summed E-state index contributed by atoms with van der Waals surface area (Å²) in [4.78, 5) is 23.3. The Labute approximate surface area is 141 Å². The maximum absolute atomic E-state index is 12.4. The first-order valence-corrected chi connectivity index (χ1v) is 8.07. The molecule has 0 heterocycles. The molecule has 0 saturated heterocycles. The van der Waals surface area contributed by atoms with Crippen molar-refractivity contribution >= 4 is 23.9 Å². The van der Waals surface area contributed by atoms with Crippen LogP contribution in [0.25, 0.3) is 12.2 Å². The van der Waals surface area contributed by atoms with E-state index < -0.39 is 5.97 Å². The van der Waals surface area contributed by atoms with Crippen LogP contribution >= 0.6 is 0 Å². The number of Topliss-reactive ketones (excluding diaryl/α,β-unsaturated/α-hetero) is 1. The summed E-state index contributed by atoms with van der Waals surface area (Å²) in [6.07, 6.45) is 5.31. The summed E-state index contributed by atoms with van der Waals surface area (Å²) in [5, 5.41) is 8.94. The Morgan fingerprint density at radius 1 is 1.08 bits per heavy atom. The zero-order valence-electron chi connectivity index (χ0n) is 13.9. The van der Waals surface area contributed by atoms with E-state index in [1.165, 1.54) is 0 Å².